The summed E-state index contributed by atoms with van der Waals surface area (Å²) >= 11 is 0. The summed E-state index contributed by atoms with van der Waals surface area (Å²) in [4.78, 5) is 23.8. The lowest BCUT2D eigenvalue weighted by Crippen LogP contribution is -2.29. The molecule has 1 N–H and O–H groups in total. The summed E-state index contributed by atoms with van der Waals surface area (Å²) in [6, 6.07) is 19.2. The van der Waals surface area contributed by atoms with E-state index >= 15 is 0 Å². The smallest absolute Gasteiger partial charge is 0.437 e. The number of alkyl carbamates (subject to hydrolysis) is 1. The zero-order chi connectivity index (χ0) is 20.5. The Bertz CT molecular complexity index is 951. The van der Waals surface area contributed by atoms with E-state index in [-0.39, 0.29) is 12.5 Å². The number of aryl methyl sites for hydroxylation is 1. The van der Waals surface area contributed by atoms with Gasteiger partial charge in [0.2, 0.25) is 5.89 Å². The number of carbonyl (C=O) groups is 1. The van der Waals surface area contributed by atoms with Crippen LogP contribution in [0.3, 0.4) is 0 Å². The zero-order valence-corrected chi connectivity index (χ0v) is 16.4. The second kappa shape index (κ2) is 10.3. The van der Waals surface area contributed by atoms with Crippen molar-refractivity contribution in [2.24, 2.45) is 5.92 Å². The van der Waals surface area contributed by atoms with Crippen molar-refractivity contribution < 1.29 is 13.9 Å². The fourth-order valence-corrected chi connectivity index (χ4v) is 2.81. The Hall–Kier alpha value is -3.35. The van der Waals surface area contributed by atoms with Gasteiger partial charge in [0.15, 0.2) is 0 Å². The van der Waals surface area contributed by atoms with Gasteiger partial charge in [-0.15, -0.1) is 5.10 Å². The van der Waals surface area contributed by atoms with E-state index in [1.807, 2.05) is 67.6 Å². The number of rotatable bonds is 9. The minimum atomic E-state index is -0.459. The molecule has 0 saturated carbocycles. The SMILES string of the molecule is CC(CCc1nn(Cc2ccccc2)c(=O)o1)CNC(=O)OCc1ccccc1. The number of aromatic nitrogens is 2. The highest BCUT2D eigenvalue weighted by Gasteiger charge is 2.12. The van der Waals surface area contributed by atoms with Gasteiger partial charge in [-0.1, -0.05) is 67.6 Å². The molecule has 1 heterocycles. The second-order valence-corrected chi connectivity index (χ2v) is 6.99. The van der Waals surface area contributed by atoms with Gasteiger partial charge in [-0.25, -0.2) is 9.59 Å². The van der Waals surface area contributed by atoms with Gasteiger partial charge in [0.1, 0.15) is 6.61 Å². The van der Waals surface area contributed by atoms with E-state index in [2.05, 4.69) is 10.4 Å². The topological polar surface area (TPSA) is 86.4 Å². The number of nitrogens with one attached hydrogen (secondary N) is 1. The lowest BCUT2D eigenvalue weighted by molar-refractivity contribution is 0.138. The number of nitrogens with zero attached hydrogens (tertiary/aromatic N) is 2. The molecule has 0 radical (unpaired) electrons. The van der Waals surface area contributed by atoms with Crippen molar-refractivity contribution in [3.63, 3.8) is 0 Å². The lowest BCUT2D eigenvalue weighted by Gasteiger charge is -2.12. The van der Waals surface area contributed by atoms with Crippen LogP contribution in [0, 0.1) is 5.92 Å². The van der Waals surface area contributed by atoms with Gasteiger partial charge >= 0.3 is 11.8 Å². The molecular formula is C22H25N3O4. The van der Waals surface area contributed by atoms with Crippen LogP contribution < -0.4 is 11.1 Å². The fraction of sp³-hybridized carbons (Fsp3) is 0.318. The molecule has 29 heavy (non-hydrogen) atoms. The third kappa shape index (κ3) is 6.64. The third-order valence-corrected chi connectivity index (χ3v) is 4.48. The van der Waals surface area contributed by atoms with Gasteiger partial charge in [-0.05, 0) is 23.5 Å². The van der Waals surface area contributed by atoms with Crippen LogP contribution in [0.4, 0.5) is 4.79 Å². The molecule has 1 unspecified atom stereocenters. The van der Waals surface area contributed by atoms with Crippen LogP contribution >= 0.6 is 0 Å². The molecular weight excluding hydrogens is 370 g/mol. The van der Waals surface area contributed by atoms with Crippen molar-refractivity contribution in [1.29, 1.82) is 0 Å². The van der Waals surface area contributed by atoms with E-state index in [1.165, 1.54) is 4.68 Å². The monoisotopic (exact) mass is 395 g/mol. The molecule has 7 heteroatoms. The van der Waals surface area contributed by atoms with Gasteiger partial charge in [0.05, 0.1) is 6.54 Å². The highest BCUT2D eigenvalue weighted by atomic mass is 16.5. The van der Waals surface area contributed by atoms with Crippen molar-refractivity contribution in [1.82, 2.24) is 15.1 Å². The van der Waals surface area contributed by atoms with E-state index in [0.717, 1.165) is 17.5 Å². The molecule has 3 aromatic rings. The van der Waals surface area contributed by atoms with Gasteiger partial charge in [0, 0.05) is 13.0 Å². The van der Waals surface area contributed by atoms with Gasteiger partial charge in [-0.2, -0.15) is 4.68 Å². The summed E-state index contributed by atoms with van der Waals surface area (Å²) < 4.78 is 11.8. The molecule has 0 aliphatic carbocycles. The highest BCUT2D eigenvalue weighted by Crippen LogP contribution is 2.07. The van der Waals surface area contributed by atoms with Crippen LogP contribution in [-0.4, -0.2) is 22.4 Å². The highest BCUT2D eigenvalue weighted by molar-refractivity contribution is 5.67. The normalized spacial score (nSPS) is 11.8. The van der Waals surface area contributed by atoms with Crippen LogP contribution in [0.5, 0.6) is 0 Å². The van der Waals surface area contributed by atoms with Crippen LogP contribution in [-0.2, 0) is 24.3 Å². The summed E-state index contributed by atoms with van der Waals surface area (Å²) in [6.07, 6.45) is 0.808. The number of ether oxygens (including phenoxy) is 1. The molecule has 0 saturated heterocycles. The minimum absolute atomic E-state index is 0.184. The van der Waals surface area contributed by atoms with Gasteiger partial charge in [-0.3, -0.25) is 0 Å². The molecule has 3 rings (SSSR count). The van der Waals surface area contributed by atoms with E-state index in [9.17, 15) is 9.59 Å². The van der Waals surface area contributed by atoms with E-state index in [4.69, 9.17) is 9.15 Å². The van der Waals surface area contributed by atoms with Crippen molar-refractivity contribution in [2.45, 2.75) is 32.9 Å². The molecule has 0 spiro atoms. The molecule has 0 aliphatic rings. The quantitative estimate of drug-likeness (QED) is 0.600. The molecule has 7 nitrogen and oxygen atoms in total. The summed E-state index contributed by atoms with van der Waals surface area (Å²) in [5.41, 5.74) is 1.93. The van der Waals surface area contributed by atoms with Crippen LogP contribution in [0.15, 0.2) is 69.9 Å². The summed E-state index contributed by atoms with van der Waals surface area (Å²) in [5.74, 6) is 0.132. The Morgan fingerprint density at radius 1 is 1.10 bits per heavy atom. The van der Waals surface area contributed by atoms with Crippen molar-refractivity contribution in [3.05, 3.63) is 88.2 Å². The summed E-state index contributed by atoms with van der Waals surface area (Å²) in [6.45, 7) is 3.11. The predicted octanol–water partition coefficient (Wildman–Crippen LogP) is 3.38. The Labute approximate surface area is 169 Å². The molecule has 0 bridgehead atoms. The Kier molecular flexibility index (Phi) is 7.22. The maximum Gasteiger partial charge on any atom is 0.437 e. The minimum Gasteiger partial charge on any atom is -0.445 e. The summed E-state index contributed by atoms with van der Waals surface area (Å²) in [7, 11) is 0. The Morgan fingerprint density at radius 3 is 2.45 bits per heavy atom. The molecule has 2 aromatic carbocycles. The number of amides is 1. The van der Waals surface area contributed by atoms with Crippen LogP contribution in [0.1, 0.15) is 30.4 Å². The maximum absolute atomic E-state index is 12.0. The Morgan fingerprint density at radius 2 is 1.76 bits per heavy atom. The second-order valence-electron chi connectivity index (χ2n) is 6.99. The molecule has 1 amide bonds. The van der Waals surface area contributed by atoms with E-state index in [0.29, 0.717) is 25.4 Å². The molecule has 1 aromatic heterocycles. The van der Waals surface area contributed by atoms with Crippen molar-refractivity contribution >= 4 is 6.09 Å². The van der Waals surface area contributed by atoms with Gasteiger partial charge in [0.25, 0.3) is 0 Å². The number of benzene rings is 2. The first-order valence-corrected chi connectivity index (χ1v) is 9.65. The zero-order valence-electron chi connectivity index (χ0n) is 16.4. The summed E-state index contributed by atoms with van der Waals surface area (Å²) in [5, 5.41) is 7.02. The van der Waals surface area contributed by atoms with Crippen molar-refractivity contribution in [2.75, 3.05) is 6.54 Å². The molecule has 0 aliphatic heterocycles. The first kappa shape index (κ1) is 20.4. The third-order valence-electron chi connectivity index (χ3n) is 4.48. The standard InChI is InChI=1S/C22H25N3O4/c1-17(14-23-21(26)28-16-19-10-6-3-7-11-19)12-13-20-24-25(22(27)29-20)15-18-8-4-2-5-9-18/h2-11,17H,12-16H2,1H3,(H,23,26). The number of carbonyl (C=O) groups excluding carboxylic acids is 1. The van der Waals surface area contributed by atoms with Crippen LogP contribution in [0.25, 0.3) is 0 Å². The number of hydrogen-bond donors (Lipinski definition) is 1. The van der Waals surface area contributed by atoms with Crippen LogP contribution in [0.2, 0.25) is 0 Å². The predicted molar refractivity (Wildman–Crippen MR) is 108 cm³/mol. The lowest BCUT2D eigenvalue weighted by atomic mass is 10.1. The fourth-order valence-electron chi connectivity index (χ4n) is 2.81. The largest absolute Gasteiger partial charge is 0.445 e. The average molecular weight is 395 g/mol. The molecule has 0 fully saturated rings. The first-order valence-electron chi connectivity index (χ1n) is 9.65. The van der Waals surface area contributed by atoms with E-state index in [1.54, 1.807) is 0 Å². The molecule has 152 valence electrons. The average Bonchev–Trinajstić information content (AvgIpc) is 3.10. The van der Waals surface area contributed by atoms with Gasteiger partial charge < -0.3 is 14.5 Å². The van der Waals surface area contributed by atoms with E-state index < -0.39 is 11.8 Å². The first-order chi connectivity index (χ1) is 14.1. The maximum atomic E-state index is 12.0. The molecule has 1 atom stereocenters. The number of hydrogen-bond acceptors (Lipinski definition) is 5. The van der Waals surface area contributed by atoms with Crippen molar-refractivity contribution in [3.8, 4) is 0 Å². The Balaban J connectivity index is 1.39.